The van der Waals surface area contributed by atoms with Crippen LogP contribution in [-0.4, -0.2) is 24.6 Å². The van der Waals surface area contributed by atoms with Crippen molar-refractivity contribution in [3.63, 3.8) is 0 Å². The molecular weight excluding hydrogens is 344 g/mol. The zero-order valence-electron chi connectivity index (χ0n) is 11.7. The zero-order valence-corrected chi connectivity index (χ0v) is 14.1. The van der Waals surface area contributed by atoms with Crippen molar-refractivity contribution in [1.29, 1.82) is 0 Å². The highest BCUT2D eigenvalue weighted by atomic mass is 79.9. The third kappa shape index (κ3) is 5.31. The smallest absolute Gasteiger partial charge is 0.258 e. The van der Waals surface area contributed by atoms with Gasteiger partial charge in [0.15, 0.2) is 6.61 Å². The molecule has 0 saturated carbocycles. The Labute approximate surface area is 133 Å². The van der Waals surface area contributed by atoms with Crippen molar-refractivity contribution in [2.24, 2.45) is 5.73 Å². The molecule has 0 spiro atoms. The van der Waals surface area contributed by atoms with Crippen LogP contribution < -0.4 is 15.8 Å². The number of halogens is 2. The number of rotatable bonds is 7. The largest absolute Gasteiger partial charge is 0.482 e. The fourth-order valence-corrected chi connectivity index (χ4v) is 2.29. The van der Waals surface area contributed by atoms with Crippen LogP contribution in [0.15, 0.2) is 22.7 Å². The molecule has 0 aliphatic carbocycles. The van der Waals surface area contributed by atoms with Gasteiger partial charge in [0.2, 0.25) is 0 Å². The number of hydrogen-bond donors (Lipinski definition) is 2. The summed E-state index contributed by atoms with van der Waals surface area (Å²) >= 11 is 9.31. The van der Waals surface area contributed by atoms with Crippen LogP contribution in [0.25, 0.3) is 0 Å². The Hall–Kier alpha value is -0.780. The fourth-order valence-electron chi connectivity index (χ4n) is 1.56. The lowest BCUT2D eigenvalue weighted by Gasteiger charge is -2.26. The molecule has 0 fully saturated rings. The van der Waals surface area contributed by atoms with Crippen LogP contribution in [0, 0.1) is 0 Å². The van der Waals surface area contributed by atoms with Gasteiger partial charge in [-0.1, -0.05) is 41.4 Å². The maximum absolute atomic E-state index is 11.7. The van der Waals surface area contributed by atoms with Crippen LogP contribution >= 0.6 is 27.5 Å². The van der Waals surface area contributed by atoms with Gasteiger partial charge in [0, 0.05) is 16.6 Å². The van der Waals surface area contributed by atoms with Gasteiger partial charge in [0.05, 0.1) is 5.02 Å². The average molecular weight is 364 g/mol. The summed E-state index contributed by atoms with van der Waals surface area (Å²) in [6.45, 7) is 4.38. The van der Waals surface area contributed by atoms with E-state index in [2.05, 4.69) is 21.2 Å². The zero-order chi connectivity index (χ0) is 15.2. The summed E-state index contributed by atoms with van der Waals surface area (Å²) in [7, 11) is 0. The second-order valence-corrected chi connectivity index (χ2v) is 6.03. The lowest BCUT2D eigenvalue weighted by Crippen LogP contribution is -2.50. The lowest BCUT2D eigenvalue weighted by atomic mass is 9.94. The van der Waals surface area contributed by atoms with E-state index in [1.165, 1.54) is 0 Å². The molecule has 0 atom stereocenters. The molecular formula is C14H20BrClN2O2. The Kier molecular flexibility index (Phi) is 6.79. The van der Waals surface area contributed by atoms with E-state index in [9.17, 15) is 4.79 Å². The van der Waals surface area contributed by atoms with E-state index in [0.29, 0.717) is 17.3 Å². The molecule has 0 aliphatic rings. The van der Waals surface area contributed by atoms with E-state index in [1.54, 1.807) is 18.2 Å². The molecule has 1 amide bonds. The Balaban J connectivity index is 2.44. The van der Waals surface area contributed by atoms with E-state index in [1.807, 2.05) is 13.8 Å². The Morgan fingerprint density at radius 2 is 2.10 bits per heavy atom. The maximum atomic E-state index is 11.7. The predicted octanol–water partition coefficient (Wildman–Crippen LogP) is 3.12. The van der Waals surface area contributed by atoms with E-state index < -0.39 is 0 Å². The van der Waals surface area contributed by atoms with Crippen LogP contribution in [0.3, 0.4) is 0 Å². The molecule has 6 heteroatoms. The van der Waals surface area contributed by atoms with E-state index in [4.69, 9.17) is 22.1 Å². The minimum atomic E-state index is -0.356. The summed E-state index contributed by atoms with van der Waals surface area (Å²) in [4.78, 5) is 11.7. The number of nitrogens with one attached hydrogen (secondary N) is 1. The number of ether oxygens (including phenoxy) is 1. The summed E-state index contributed by atoms with van der Waals surface area (Å²) in [5.74, 6) is 0.274. The normalized spacial score (nSPS) is 11.2. The molecule has 0 bridgehead atoms. The van der Waals surface area contributed by atoms with E-state index in [0.717, 1.165) is 17.3 Å². The molecule has 20 heavy (non-hydrogen) atoms. The average Bonchev–Trinajstić information content (AvgIpc) is 2.44. The first-order valence-corrected chi connectivity index (χ1v) is 7.70. The van der Waals surface area contributed by atoms with Crippen molar-refractivity contribution in [1.82, 2.24) is 5.32 Å². The second-order valence-electron chi connectivity index (χ2n) is 4.71. The maximum Gasteiger partial charge on any atom is 0.258 e. The van der Waals surface area contributed by atoms with Gasteiger partial charge in [0.25, 0.3) is 5.91 Å². The minimum absolute atomic E-state index is 0.0785. The topological polar surface area (TPSA) is 64.3 Å². The third-order valence-corrected chi connectivity index (χ3v) is 4.09. The number of nitrogens with two attached hydrogens (primary N) is 1. The fraction of sp³-hybridized carbons (Fsp3) is 0.500. The van der Waals surface area contributed by atoms with Gasteiger partial charge in [0.1, 0.15) is 5.75 Å². The quantitative estimate of drug-likeness (QED) is 0.782. The highest BCUT2D eigenvalue weighted by Crippen LogP contribution is 2.27. The number of hydrogen-bond acceptors (Lipinski definition) is 3. The van der Waals surface area contributed by atoms with Crippen molar-refractivity contribution >= 4 is 33.4 Å². The van der Waals surface area contributed by atoms with E-state index >= 15 is 0 Å². The van der Waals surface area contributed by atoms with E-state index in [-0.39, 0.29) is 18.1 Å². The molecule has 0 aliphatic heterocycles. The van der Waals surface area contributed by atoms with Crippen molar-refractivity contribution in [2.45, 2.75) is 32.2 Å². The van der Waals surface area contributed by atoms with Gasteiger partial charge < -0.3 is 15.8 Å². The molecule has 0 radical (unpaired) electrons. The first-order valence-electron chi connectivity index (χ1n) is 6.53. The minimum Gasteiger partial charge on any atom is -0.482 e. The third-order valence-electron chi connectivity index (χ3n) is 3.30. The Bertz CT molecular complexity index is 464. The van der Waals surface area contributed by atoms with Crippen LogP contribution in [0.1, 0.15) is 26.7 Å². The van der Waals surface area contributed by atoms with Crippen LogP contribution in [-0.2, 0) is 4.79 Å². The van der Waals surface area contributed by atoms with Gasteiger partial charge in [-0.15, -0.1) is 0 Å². The summed E-state index contributed by atoms with van der Waals surface area (Å²) in [6, 6.07) is 5.23. The monoisotopic (exact) mass is 362 g/mol. The highest BCUT2D eigenvalue weighted by molar-refractivity contribution is 9.10. The molecule has 4 nitrogen and oxygen atoms in total. The number of carbonyl (C=O) groups is 1. The first kappa shape index (κ1) is 17.3. The molecule has 1 aromatic carbocycles. The Morgan fingerprint density at radius 1 is 1.45 bits per heavy atom. The van der Waals surface area contributed by atoms with Gasteiger partial charge in [-0.25, -0.2) is 0 Å². The van der Waals surface area contributed by atoms with Crippen LogP contribution in [0.4, 0.5) is 0 Å². The number of benzene rings is 1. The number of carbonyl (C=O) groups excluding carboxylic acids is 1. The molecule has 0 unspecified atom stereocenters. The van der Waals surface area contributed by atoms with Gasteiger partial charge in [-0.05, 0) is 31.0 Å². The van der Waals surface area contributed by atoms with Crippen molar-refractivity contribution in [3.8, 4) is 5.75 Å². The lowest BCUT2D eigenvalue weighted by molar-refractivity contribution is -0.123. The highest BCUT2D eigenvalue weighted by Gasteiger charge is 2.20. The molecule has 0 heterocycles. The summed E-state index contributed by atoms with van der Waals surface area (Å²) in [6.07, 6.45) is 1.62. The molecule has 112 valence electrons. The predicted molar refractivity (Wildman–Crippen MR) is 85.2 cm³/mol. The van der Waals surface area contributed by atoms with Crippen molar-refractivity contribution < 1.29 is 9.53 Å². The summed E-state index contributed by atoms with van der Waals surface area (Å²) in [5.41, 5.74) is 5.75. The van der Waals surface area contributed by atoms with Crippen LogP contribution in [0.5, 0.6) is 5.75 Å². The summed E-state index contributed by atoms with van der Waals surface area (Å²) < 4.78 is 6.24. The molecule has 0 saturated heterocycles. The standard InChI is InChI=1S/C14H20BrClN2O2/c1-3-14(17,4-2)9-18-13(19)8-20-12-6-5-10(15)7-11(12)16/h5-7H,3-4,8-9,17H2,1-2H3,(H,18,19). The molecule has 3 N–H and O–H groups in total. The molecule has 1 rings (SSSR count). The van der Waals surface area contributed by atoms with Crippen LogP contribution in [0.2, 0.25) is 5.02 Å². The first-order chi connectivity index (χ1) is 9.40. The molecule has 0 aromatic heterocycles. The Morgan fingerprint density at radius 3 is 2.65 bits per heavy atom. The number of amides is 1. The van der Waals surface area contributed by atoms with Gasteiger partial charge >= 0.3 is 0 Å². The SMILES string of the molecule is CCC(N)(CC)CNC(=O)COc1ccc(Br)cc1Cl. The van der Waals surface area contributed by atoms with Gasteiger partial charge in [-0.2, -0.15) is 0 Å². The summed E-state index contributed by atoms with van der Waals surface area (Å²) in [5, 5.41) is 3.25. The molecule has 1 aromatic rings. The van der Waals surface area contributed by atoms with Gasteiger partial charge in [-0.3, -0.25) is 4.79 Å². The second kappa shape index (κ2) is 7.86. The van der Waals surface area contributed by atoms with Crippen molar-refractivity contribution in [2.75, 3.05) is 13.2 Å². The van der Waals surface area contributed by atoms with Crippen molar-refractivity contribution in [3.05, 3.63) is 27.7 Å².